The number of aromatic nitrogens is 2. The molecule has 0 bridgehead atoms. The summed E-state index contributed by atoms with van der Waals surface area (Å²) in [5.41, 5.74) is 0.246. The normalized spacial score (nSPS) is 10.8. The van der Waals surface area contributed by atoms with Crippen LogP contribution < -0.4 is 4.74 Å². The Labute approximate surface area is 126 Å². The number of hydrogen-bond donors (Lipinski definition) is 1. The second-order valence-electron chi connectivity index (χ2n) is 4.18. The van der Waals surface area contributed by atoms with E-state index in [0.29, 0.717) is 10.1 Å². The molecule has 0 fully saturated rings. The van der Waals surface area contributed by atoms with Crippen molar-refractivity contribution in [1.29, 1.82) is 0 Å². The van der Waals surface area contributed by atoms with Crippen molar-refractivity contribution >= 4 is 27.5 Å². The van der Waals surface area contributed by atoms with Gasteiger partial charge in [0.25, 0.3) is 5.88 Å². The van der Waals surface area contributed by atoms with Crippen LogP contribution in [0.2, 0.25) is 0 Å². The highest BCUT2D eigenvalue weighted by Crippen LogP contribution is 2.29. The van der Waals surface area contributed by atoms with E-state index in [1.165, 1.54) is 16.5 Å². The number of carboxylic acid groups (broad SMARTS) is 1. The average Bonchev–Trinajstić information content (AvgIpc) is 2.80. The Kier molecular flexibility index (Phi) is 3.34. The molecular weight excluding hydrogens is 343 g/mol. The lowest BCUT2D eigenvalue weighted by molar-refractivity contribution is 0.0686. The number of rotatable bonds is 3. The predicted molar refractivity (Wildman–Crippen MR) is 76.3 cm³/mol. The van der Waals surface area contributed by atoms with Crippen LogP contribution in [0.5, 0.6) is 11.6 Å². The van der Waals surface area contributed by atoms with Gasteiger partial charge >= 0.3 is 5.97 Å². The Balaban J connectivity index is 2.12. The third-order valence-electron chi connectivity index (χ3n) is 2.80. The second-order valence-corrected chi connectivity index (χ2v) is 5.09. The molecule has 1 N–H and O–H groups in total. The van der Waals surface area contributed by atoms with Gasteiger partial charge in [0.1, 0.15) is 5.65 Å². The molecule has 0 saturated carbocycles. The topological polar surface area (TPSA) is 63.8 Å². The van der Waals surface area contributed by atoms with E-state index >= 15 is 0 Å². The van der Waals surface area contributed by atoms with Gasteiger partial charge in [0.2, 0.25) is 0 Å². The van der Waals surface area contributed by atoms with Crippen molar-refractivity contribution in [2.24, 2.45) is 0 Å². The Hall–Kier alpha value is -2.41. The highest BCUT2D eigenvalue weighted by atomic mass is 79.9. The third kappa shape index (κ3) is 2.47. The summed E-state index contributed by atoms with van der Waals surface area (Å²) in [5.74, 6) is -2.07. The highest BCUT2D eigenvalue weighted by Gasteiger charge is 2.21. The summed E-state index contributed by atoms with van der Waals surface area (Å²) >= 11 is 3.14. The average molecular weight is 351 g/mol. The van der Waals surface area contributed by atoms with Crippen molar-refractivity contribution in [3.05, 3.63) is 58.6 Å². The van der Waals surface area contributed by atoms with Crippen molar-refractivity contribution in [3.8, 4) is 11.6 Å². The molecule has 5 nitrogen and oxygen atoms in total. The van der Waals surface area contributed by atoms with Crippen molar-refractivity contribution in [3.63, 3.8) is 0 Å². The number of ether oxygens (including phenoxy) is 1. The van der Waals surface area contributed by atoms with Gasteiger partial charge in [-0.2, -0.15) is 4.98 Å². The van der Waals surface area contributed by atoms with Crippen LogP contribution in [0.3, 0.4) is 0 Å². The first-order valence-corrected chi connectivity index (χ1v) is 6.69. The maximum absolute atomic E-state index is 13.8. The summed E-state index contributed by atoms with van der Waals surface area (Å²) in [6, 6.07) is 9.25. The van der Waals surface area contributed by atoms with Gasteiger partial charge in [0.15, 0.2) is 17.3 Å². The van der Waals surface area contributed by atoms with Gasteiger partial charge in [-0.05, 0) is 30.3 Å². The van der Waals surface area contributed by atoms with Crippen LogP contribution in [0.4, 0.5) is 4.39 Å². The molecule has 7 heteroatoms. The Bertz CT molecular complexity index is 847. The van der Waals surface area contributed by atoms with Gasteiger partial charge in [-0.15, -0.1) is 0 Å². The molecule has 2 aromatic heterocycles. The lowest BCUT2D eigenvalue weighted by atomic mass is 10.3. The standard InChI is InChI=1S/C14H8BrFN2O3/c15-8-4-5-10(9(16)7-8)21-13-12(14(19)20)18-6-2-1-3-11(18)17-13/h1-7H,(H,19,20). The molecule has 0 radical (unpaired) electrons. The van der Waals surface area contributed by atoms with Crippen molar-refractivity contribution in [1.82, 2.24) is 9.38 Å². The van der Waals surface area contributed by atoms with Crippen molar-refractivity contribution in [2.45, 2.75) is 0 Å². The summed E-state index contributed by atoms with van der Waals surface area (Å²) < 4.78 is 21.0. The predicted octanol–water partition coefficient (Wildman–Crippen LogP) is 3.73. The number of nitrogens with zero attached hydrogens (tertiary/aromatic N) is 2. The molecule has 0 aliphatic heterocycles. The fourth-order valence-corrected chi connectivity index (χ4v) is 2.24. The molecular formula is C14H8BrFN2O3. The summed E-state index contributed by atoms with van der Waals surface area (Å²) in [4.78, 5) is 15.5. The summed E-state index contributed by atoms with van der Waals surface area (Å²) in [6.07, 6.45) is 1.55. The number of hydrogen-bond acceptors (Lipinski definition) is 3. The summed E-state index contributed by atoms with van der Waals surface area (Å²) in [6.45, 7) is 0. The maximum atomic E-state index is 13.8. The quantitative estimate of drug-likeness (QED) is 0.781. The van der Waals surface area contributed by atoms with Crippen LogP contribution in [0.25, 0.3) is 5.65 Å². The number of halogens is 2. The number of fused-ring (bicyclic) bond motifs is 1. The fraction of sp³-hybridized carbons (Fsp3) is 0. The number of imidazole rings is 1. The van der Waals surface area contributed by atoms with Crippen LogP contribution in [0, 0.1) is 5.82 Å². The monoisotopic (exact) mass is 350 g/mol. The van der Waals surface area contributed by atoms with Gasteiger partial charge in [-0.3, -0.25) is 4.40 Å². The lowest BCUT2D eigenvalue weighted by Crippen LogP contribution is -2.03. The minimum atomic E-state index is -1.21. The SMILES string of the molecule is O=C(O)c1c(Oc2ccc(Br)cc2F)nc2ccccn12. The second kappa shape index (κ2) is 5.17. The van der Waals surface area contributed by atoms with Gasteiger partial charge in [-0.25, -0.2) is 9.18 Å². The van der Waals surface area contributed by atoms with Crippen LogP contribution in [0.1, 0.15) is 10.5 Å². The fourth-order valence-electron chi connectivity index (χ4n) is 1.90. The smallest absolute Gasteiger partial charge is 0.358 e. The molecule has 0 spiro atoms. The van der Waals surface area contributed by atoms with E-state index in [0.717, 1.165) is 0 Å². The maximum Gasteiger partial charge on any atom is 0.358 e. The van der Waals surface area contributed by atoms with E-state index < -0.39 is 11.8 Å². The minimum Gasteiger partial charge on any atom is -0.476 e. The molecule has 2 heterocycles. The zero-order valence-corrected chi connectivity index (χ0v) is 12.0. The molecule has 106 valence electrons. The van der Waals surface area contributed by atoms with Gasteiger partial charge in [0.05, 0.1) is 0 Å². The zero-order chi connectivity index (χ0) is 15.0. The van der Waals surface area contributed by atoms with E-state index in [9.17, 15) is 14.3 Å². The Morgan fingerprint density at radius 2 is 2.14 bits per heavy atom. The van der Waals surface area contributed by atoms with Crippen LogP contribution >= 0.6 is 15.9 Å². The minimum absolute atomic E-state index is 0.0934. The third-order valence-corrected chi connectivity index (χ3v) is 3.29. The van der Waals surface area contributed by atoms with Gasteiger partial charge in [0, 0.05) is 10.7 Å². The molecule has 0 amide bonds. The summed E-state index contributed by atoms with van der Waals surface area (Å²) in [5, 5.41) is 9.30. The Morgan fingerprint density at radius 3 is 2.86 bits per heavy atom. The Morgan fingerprint density at radius 1 is 1.33 bits per heavy atom. The zero-order valence-electron chi connectivity index (χ0n) is 10.5. The number of aromatic carboxylic acids is 1. The molecule has 1 aromatic carbocycles. The van der Waals surface area contributed by atoms with E-state index in [4.69, 9.17) is 4.74 Å². The van der Waals surface area contributed by atoms with E-state index in [1.54, 1.807) is 30.5 Å². The molecule has 0 saturated heterocycles. The molecule has 21 heavy (non-hydrogen) atoms. The molecule has 0 aliphatic rings. The first-order chi connectivity index (χ1) is 10.1. The van der Waals surface area contributed by atoms with Crippen molar-refractivity contribution < 1.29 is 19.0 Å². The number of benzene rings is 1. The molecule has 0 unspecified atom stereocenters. The van der Waals surface area contributed by atoms with Crippen LogP contribution in [-0.2, 0) is 0 Å². The number of pyridine rings is 1. The van der Waals surface area contributed by atoms with E-state index in [-0.39, 0.29) is 17.3 Å². The van der Waals surface area contributed by atoms with Crippen LogP contribution in [-0.4, -0.2) is 20.5 Å². The van der Waals surface area contributed by atoms with E-state index in [2.05, 4.69) is 20.9 Å². The molecule has 3 rings (SSSR count). The lowest BCUT2D eigenvalue weighted by Gasteiger charge is -2.05. The van der Waals surface area contributed by atoms with E-state index in [1.807, 2.05) is 0 Å². The first kappa shape index (κ1) is 13.6. The molecule has 3 aromatic rings. The first-order valence-electron chi connectivity index (χ1n) is 5.89. The summed E-state index contributed by atoms with van der Waals surface area (Å²) in [7, 11) is 0. The largest absolute Gasteiger partial charge is 0.476 e. The van der Waals surface area contributed by atoms with Gasteiger partial charge < -0.3 is 9.84 Å². The number of carboxylic acids is 1. The van der Waals surface area contributed by atoms with Gasteiger partial charge in [-0.1, -0.05) is 22.0 Å². The molecule has 0 aliphatic carbocycles. The van der Waals surface area contributed by atoms with Crippen molar-refractivity contribution in [2.75, 3.05) is 0 Å². The highest BCUT2D eigenvalue weighted by molar-refractivity contribution is 9.10. The molecule has 0 atom stereocenters. The van der Waals surface area contributed by atoms with Crippen LogP contribution in [0.15, 0.2) is 47.1 Å². The number of carbonyl (C=O) groups is 1.